The van der Waals surface area contributed by atoms with Crippen molar-refractivity contribution in [1.29, 1.82) is 0 Å². The minimum absolute atomic E-state index is 0.187. The van der Waals surface area contributed by atoms with Gasteiger partial charge >= 0.3 is 0 Å². The quantitative estimate of drug-likeness (QED) is 0.365. The molecule has 0 aliphatic rings. The van der Waals surface area contributed by atoms with Crippen LogP contribution in [0.3, 0.4) is 0 Å². The van der Waals surface area contributed by atoms with Gasteiger partial charge in [-0.3, -0.25) is 9.52 Å². The number of benzene rings is 2. The molecule has 33 heavy (non-hydrogen) atoms. The predicted octanol–water partition coefficient (Wildman–Crippen LogP) is 4.99. The lowest BCUT2D eigenvalue weighted by Crippen LogP contribution is -2.16. The number of hydrogen-bond acceptors (Lipinski definition) is 7. The van der Waals surface area contributed by atoms with Crippen LogP contribution in [0.15, 0.2) is 74.8 Å². The van der Waals surface area contributed by atoms with Crippen LogP contribution < -0.4 is 14.8 Å². The van der Waals surface area contributed by atoms with Gasteiger partial charge < -0.3 is 14.6 Å². The van der Waals surface area contributed by atoms with Crippen molar-refractivity contribution in [3.63, 3.8) is 0 Å². The molecular formula is C23H21N3O5S2. The fourth-order valence-corrected chi connectivity index (χ4v) is 5.15. The average molecular weight is 484 g/mol. The van der Waals surface area contributed by atoms with Crippen molar-refractivity contribution < 1.29 is 22.5 Å². The highest BCUT2D eigenvalue weighted by Crippen LogP contribution is 2.27. The second-order valence-electron chi connectivity index (χ2n) is 7.16. The molecule has 0 aliphatic heterocycles. The summed E-state index contributed by atoms with van der Waals surface area (Å²) in [5, 5.41) is 8.35. The van der Waals surface area contributed by atoms with Gasteiger partial charge in [-0.05, 0) is 55.6 Å². The molecule has 1 amide bonds. The zero-order valence-electron chi connectivity index (χ0n) is 17.9. The van der Waals surface area contributed by atoms with E-state index < -0.39 is 15.9 Å². The second kappa shape index (κ2) is 9.47. The summed E-state index contributed by atoms with van der Waals surface area (Å²) < 4.78 is 38.9. The topological polar surface area (TPSA) is 111 Å². The number of hydrogen-bond donors (Lipinski definition) is 2. The minimum atomic E-state index is -3.75. The minimum Gasteiger partial charge on any atom is -0.489 e. The third kappa shape index (κ3) is 5.24. The molecule has 10 heteroatoms. The van der Waals surface area contributed by atoms with Crippen LogP contribution in [-0.4, -0.2) is 19.5 Å². The van der Waals surface area contributed by atoms with Gasteiger partial charge in [0.05, 0.1) is 22.6 Å². The van der Waals surface area contributed by atoms with Crippen LogP contribution in [0.5, 0.6) is 5.75 Å². The van der Waals surface area contributed by atoms with Crippen LogP contribution in [0, 0.1) is 13.8 Å². The van der Waals surface area contributed by atoms with Crippen LogP contribution >= 0.6 is 11.3 Å². The van der Waals surface area contributed by atoms with Crippen LogP contribution in [0.2, 0.25) is 0 Å². The standard InChI is InChI=1S/C23H21N3O5S2/c1-15-19(16(2)31-25-15)14-30-18-8-5-7-17(13-18)23(27)24-20-9-3-4-10-21(20)26-33(28,29)22-11-6-12-32-22/h3-13,26H,14H2,1-2H3,(H,24,27). The van der Waals surface area contributed by atoms with Gasteiger partial charge in [-0.1, -0.05) is 29.4 Å². The van der Waals surface area contributed by atoms with E-state index in [2.05, 4.69) is 15.2 Å². The molecule has 2 aromatic carbocycles. The molecule has 2 N–H and O–H groups in total. The number of ether oxygens (including phenoxy) is 1. The molecule has 4 aromatic rings. The van der Waals surface area contributed by atoms with E-state index in [0.717, 1.165) is 22.6 Å². The Kier molecular flexibility index (Phi) is 6.47. The predicted molar refractivity (Wildman–Crippen MR) is 126 cm³/mol. The number of amides is 1. The van der Waals surface area contributed by atoms with Crippen molar-refractivity contribution >= 4 is 38.6 Å². The van der Waals surface area contributed by atoms with Gasteiger partial charge in [0.1, 0.15) is 22.3 Å². The highest BCUT2D eigenvalue weighted by Gasteiger charge is 2.18. The highest BCUT2D eigenvalue weighted by molar-refractivity contribution is 7.94. The van der Waals surface area contributed by atoms with Gasteiger partial charge in [0.2, 0.25) is 0 Å². The van der Waals surface area contributed by atoms with E-state index in [1.165, 1.54) is 6.07 Å². The van der Waals surface area contributed by atoms with E-state index in [9.17, 15) is 13.2 Å². The number of aryl methyl sites for hydroxylation is 2. The molecule has 4 rings (SSSR count). The molecule has 0 unspecified atom stereocenters. The summed E-state index contributed by atoms with van der Waals surface area (Å²) in [5.41, 5.74) is 2.58. The molecule has 0 radical (unpaired) electrons. The monoisotopic (exact) mass is 483 g/mol. The Balaban J connectivity index is 1.48. The third-order valence-electron chi connectivity index (χ3n) is 4.84. The molecule has 2 heterocycles. The first-order valence-corrected chi connectivity index (χ1v) is 12.3. The second-order valence-corrected chi connectivity index (χ2v) is 10.0. The first-order valence-electron chi connectivity index (χ1n) is 9.95. The van der Waals surface area contributed by atoms with Crippen LogP contribution in [0.4, 0.5) is 11.4 Å². The SMILES string of the molecule is Cc1noc(C)c1COc1cccc(C(=O)Nc2ccccc2NS(=O)(=O)c2cccs2)c1. The number of thiophene rings is 1. The Morgan fingerprint density at radius 2 is 1.85 bits per heavy atom. The average Bonchev–Trinajstić information content (AvgIpc) is 3.45. The summed E-state index contributed by atoms with van der Waals surface area (Å²) in [5.74, 6) is 0.790. The number of aromatic nitrogens is 1. The summed E-state index contributed by atoms with van der Waals surface area (Å²) in [6.07, 6.45) is 0. The van der Waals surface area contributed by atoms with Gasteiger partial charge in [-0.15, -0.1) is 11.3 Å². The molecule has 2 aromatic heterocycles. The Bertz CT molecular complexity index is 1360. The molecule has 0 saturated carbocycles. The molecule has 170 valence electrons. The maximum Gasteiger partial charge on any atom is 0.271 e. The largest absolute Gasteiger partial charge is 0.489 e. The lowest BCUT2D eigenvalue weighted by molar-refractivity contribution is 0.102. The Morgan fingerprint density at radius 3 is 2.55 bits per heavy atom. The Morgan fingerprint density at radius 1 is 1.06 bits per heavy atom. The molecule has 0 saturated heterocycles. The zero-order chi connectivity index (χ0) is 23.4. The maximum absolute atomic E-state index is 12.9. The summed E-state index contributed by atoms with van der Waals surface area (Å²) in [7, 11) is -3.75. The Labute approximate surface area is 195 Å². The fraction of sp³-hybridized carbons (Fsp3) is 0.130. The van der Waals surface area contributed by atoms with Gasteiger partial charge in [0.25, 0.3) is 15.9 Å². The molecule has 0 fully saturated rings. The summed E-state index contributed by atoms with van der Waals surface area (Å²) in [6.45, 7) is 3.91. The first-order chi connectivity index (χ1) is 15.8. The van der Waals surface area contributed by atoms with E-state index in [4.69, 9.17) is 9.26 Å². The molecule has 0 bridgehead atoms. The smallest absolute Gasteiger partial charge is 0.271 e. The van der Waals surface area contributed by atoms with Crippen molar-refractivity contribution in [1.82, 2.24) is 5.16 Å². The normalized spacial score (nSPS) is 11.2. The molecule has 0 atom stereocenters. The molecule has 0 aliphatic carbocycles. The van der Waals surface area contributed by atoms with Crippen LogP contribution in [-0.2, 0) is 16.6 Å². The number of sulfonamides is 1. The molecule has 0 spiro atoms. The van der Waals surface area contributed by atoms with Crippen molar-refractivity contribution in [2.45, 2.75) is 24.7 Å². The zero-order valence-corrected chi connectivity index (χ0v) is 19.5. The number of nitrogens with one attached hydrogen (secondary N) is 2. The van der Waals surface area contributed by atoms with Gasteiger partial charge in [0.15, 0.2) is 0 Å². The lowest BCUT2D eigenvalue weighted by atomic mass is 10.2. The van der Waals surface area contributed by atoms with E-state index in [1.807, 2.05) is 13.8 Å². The fourth-order valence-electron chi connectivity index (χ4n) is 3.08. The number of nitrogens with zero attached hydrogens (tertiary/aromatic N) is 1. The van der Waals surface area contributed by atoms with Crippen molar-refractivity contribution in [2.75, 3.05) is 10.0 Å². The summed E-state index contributed by atoms with van der Waals surface area (Å²) in [4.78, 5) is 12.9. The van der Waals surface area contributed by atoms with E-state index >= 15 is 0 Å². The number of anilines is 2. The van der Waals surface area contributed by atoms with E-state index in [-0.39, 0.29) is 16.5 Å². The van der Waals surface area contributed by atoms with E-state index in [1.54, 1.807) is 60.0 Å². The van der Waals surface area contributed by atoms with Gasteiger partial charge in [-0.2, -0.15) is 0 Å². The number of para-hydroxylation sites is 2. The van der Waals surface area contributed by atoms with Crippen molar-refractivity contribution in [3.05, 3.63) is 88.6 Å². The van der Waals surface area contributed by atoms with Crippen LogP contribution in [0.1, 0.15) is 27.4 Å². The van der Waals surface area contributed by atoms with Gasteiger partial charge in [-0.25, -0.2) is 8.42 Å². The molecule has 8 nitrogen and oxygen atoms in total. The first kappa shape index (κ1) is 22.6. The highest BCUT2D eigenvalue weighted by atomic mass is 32.2. The molecular weight excluding hydrogens is 462 g/mol. The summed E-state index contributed by atoms with van der Waals surface area (Å²) >= 11 is 1.11. The number of rotatable bonds is 8. The van der Waals surface area contributed by atoms with E-state index in [0.29, 0.717) is 22.8 Å². The third-order valence-corrected chi connectivity index (χ3v) is 7.60. The number of carbonyl (C=O) groups excluding carboxylic acids is 1. The maximum atomic E-state index is 12.9. The Hall–Kier alpha value is -3.63. The summed E-state index contributed by atoms with van der Waals surface area (Å²) in [6, 6.07) is 16.5. The van der Waals surface area contributed by atoms with Crippen molar-refractivity contribution in [3.8, 4) is 5.75 Å². The van der Waals surface area contributed by atoms with Crippen molar-refractivity contribution in [2.24, 2.45) is 0 Å². The number of carbonyl (C=O) groups is 1. The lowest BCUT2D eigenvalue weighted by Gasteiger charge is -2.13. The van der Waals surface area contributed by atoms with Gasteiger partial charge in [0, 0.05) is 5.56 Å². The van der Waals surface area contributed by atoms with Crippen LogP contribution in [0.25, 0.3) is 0 Å².